The van der Waals surface area contributed by atoms with E-state index in [9.17, 15) is 0 Å². The highest BCUT2D eigenvalue weighted by molar-refractivity contribution is 5.69. The topological polar surface area (TPSA) is 40.6 Å². The summed E-state index contributed by atoms with van der Waals surface area (Å²) in [4.78, 5) is 4.09. The Kier molecular flexibility index (Phi) is 2.04. The molecule has 1 aliphatic heterocycles. The second kappa shape index (κ2) is 3.21. The Bertz CT molecular complexity index is 387. The summed E-state index contributed by atoms with van der Waals surface area (Å²) in [5.74, 6) is 1.69. The van der Waals surface area contributed by atoms with Crippen molar-refractivity contribution in [2.75, 3.05) is 13.9 Å². The molecule has 0 spiro atoms. The van der Waals surface area contributed by atoms with E-state index < -0.39 is 0 Å². The fourth-order valence-corrected chi connectivity index (χ4v) is 1.39. The zero-order chi connectivity index (χ0) is 10.1. The van der Waals surface area contributed by atoms with Crippen LogP contribution in [0.3, 0.4) is 0 Å². The van der Waals surface area contributed by atoms with Gasteiger partial charge in [0, 0.05) is 6.20 Å². The highest BCUT2D eigenvalue weighted by atomic mass is 16.7. The Morgan fingerprint density at radius 3 is 3.07 bits per heavy atom. The fourth-order valence-electron chi connectivity index (χ4n) is 1.39. The second-order valence-electron chi connectivity index (χ2n) is 2.98. The molecule has 0 saturated heterocycles. The van der Waals surface area contributed by atoms with E-state index in [1.807, 2.05) is 6.92 Å². The SMILES string of the molecule is C=C(OC)c1c(C)cnc2c1OCO2. The molecule has 1 aliphatic rings. The van der Waals surface area contributed by atoms with E-state index in [0.717, 1.165) is 11.1 Å². The van der Waals surface area contributed by atoms with E-state index in [0.29, 0.717) is 17.4 Å². The quantitative estimate of drug-likeness (QED) is 0.671. The molecule has 0 unspecified atom stereocenters. The molecule has 0 aliphatic carbocycles. The van der Waals surface area contributed by atoms with E-state index in [1.165, 1.54) is 0 Å². The molecule has 74 valence electrons. The second-order valence-corrected chi connectivity index (χ2v) is 2.98. The third kappa shape index (κ3) is 1.19. The van der Waals surface area contributed by atoms with Crippen molar-refractivity contribution in [2.45, 2.75) is 6.92 Å². The molecule has 0 amide bonds. The molecule has 0 bridgehead atoms. The number of pyridine rings is 1. The summed E-state index contributed by atoms with van der Waals surface area (Å²) >= 11 is 0. The van der Waals surface area contributed by atoms with Crippen LogP contribution in [0.2, 0.25) is 0 Å². The minimum Gasteiger partial charge on any atom is -0.497 e. The van der Waals surface area contributed by atoms with Crippen molar-refractivity contribution in [3.05, 3.63) is 23.9 Å². The third-order valence-corrected chi connectivity index (χ3v) is 2.12. The van der Waals surface area contributed by atoms with Crippen molar-refractivity contribution in [2.24, 2.45) is 0 Å². The number of nitrogens with zero attached hydrogens (tertiary/aromatic N) is 1. The van der Waals surface area contributed by atoms with Crippen molar-refractivity contribution in [1.29, 1.82) is 0 Å². The van der Waals surface area contributed by atoms with Crippen molar-refractivity contribution in [1.82, 2.24) is 4.98 Å². The third-order valence-electron chi connectivity index (χ3n) is 2.12. The lowest BCUT2D eigenvalue weighted by Gasteiger charge is -2.09. The molecule has 2 heterocycles. The van der Waals surface area contributed by atoms with Crippen molar-refractivity contribution >= 4 is 5.76 Å². The molecule has 0 N–H and O–H groups in total. The summed E-state index contributed by atoms with van der Waals surface area (Å²) in [7, 11) is 1.57. The Morgan fingerprint density at radius 1 is 1.57 bits per heavy atom. The van der Waals surface area contributed by atoms with E-state index in [2.05, 4.69) is 11.6 Å². The maximum absolute atomic E-state index is 5.31. The zero-order valence-corrected chi connectivity index (χ0v) is 8.16. The van der Waals surface area contributed by atoms with Crippen LogP contribution in [0.25, 0.3) is 5.76 Å². The maximum Gasteiger partial charge on any atom is 0.260 e. The number of ether oxygens (including phenoxy) is 3. The normalized spacial score (nSPS) is 12.7. The van der Waals surface area contributed by atoms with Gasteiger partial charge in [-0.3, -0.25) is 0 Å². The summed E-state index contributed by atoms with van der Waals surface area (Å²) in [6.07, 6.45) is 1.72. The van der Waals surface area contributed by atoms with E-state index in [1.54, 1.807) is 13.3 Å². The van der Waals surface area contributed by atoms with Crippen molar-refractivity contribution in [3.63, 3.8) is 0 Å². The van der Waals surface area contributed by atoms with Crippen LogP contribution in [0, 0.1) is 6.92 Å². The molecule has 1 aromatic rings. The van der Waals surface area contributed by atoms with Gasteiger partial charge in [0.15, 0.2) is 5.75 Å². The molecule has 0 radical (unpaired) electrons. The number of fused-ring (bicyclic) bond motifs is 1. The molecule has 1 aromatic heterocycles. The molecule has 0 saturated carbocycles. The van der Waals surface area contributed by atoms with Crippen LogP contribution < -0.4 is 9.47 Å². The van der Waals surface area contributed by atoms with Crippen LogP contribution in [0.1, 0.15) is 11.1 Å². The van der Waals surface area contributed by atoms with Crippen LogP contribution in [0.5, 0.6) is 11.6 Å². The largest absolute Gasteiger partial charge is 0.497 e. The molecule has 14 heavy (non-hydrogen) atoms. The molecule has 2 rings (SSSR count). The molecule has 4 heteroatoms. The average molecular weight is 193 g/mol. The van der Waals surface area contributed by atoms with Gasteiger partial charge < -0.3 is 14.2 Å². The zero-order valence-electron chi connectivity index (χ0n) is 8.16. The van der Waals surface area contributed by atoms with Gasteiger partial charge in [-0.1, -0.05) is 6.58 Å². The maximum atomic E-state index is 5.31. The number of rotatable bonds is 2. The highest BCUT2D eigenvalue weighted by Gasteiger charge is 2.22. The summed E-state index contributed by atoms with van der Waals surface area (Å²) in [5.41, 5.74) is 1.79. The Labute approximate surface area is 82.1 Å². The monoisotopic (exact) mass is 193 g/mol. The van der Waals surface area contributed by atoms with Gasteiger partial charge >= 0.3 is 0 Å². The minimum absolute atomic E-state index is 0.204. The molecule has 0 fully saturated rings. The fraction of sp³-hybridized carbons (Fsp3) is 0.300. The lowest BCUT2D eigenvalue weighted by molar-refractivity contribution is 0.170. The molecule has 4 nitrogen and oxygen atoms in total. The van der Waals surface area contributed by atoms with Gasteiger partial charge in [0.05, 0.1) is 12.7 Å². The first-order valence-electron chi connectivity index (χ1n) is 4.22. The predicted molar refractivity (Wildman–Crippen MR) is 51.1 cm³/mol. The van der Waals surface area contributed by atoms with Crippen LogP contribution >= 0.6 is 0 Å². The lowest BCUT2D eigenvalue weighted by atomic mass is 10.1. The lowest BCUT2D eigenvalue weighted by Crippen LogP contribution is -1.96. The van der Waals surface area contributed by atoms with Gasteiger partial charge in [0.1, 0.15) is 5.76 Å². The van der Waals surface area contributed by atoms with Gasteiger partial charge in [-0.05, 0) is 12.5 Å². The van der Waals surface area contributed by atoms with E-state index >= 15 is 0 Å². The van der Waals surface area contributed by atoms with Crippen LogP contribution in [-0.2, 0) is 4.74 Å². The highest BCUT2D eigenvalue weighted by Crippen LogP contribution is 2.38. The number of methoxy groups -OCH3 is 1. The predicted octanol–water partition coefficient (Wildman–Crippen LogP) is 1.74. The average Bonchev–Trinajstić information content (AvgIpc) is 2.64. The minimum atomic E-state index is 0.204. The first kappa shape index (κ1) is 8.87. The molecular formula is C10H11NO3. The van der Waals surface area contributed by atoms with Crippen LogP contribution in [0.15, 0.2) is 12.8 Å². The smallest absolute Gasteiger partial charge is 0.260 e. The number of aryl methyl sites for hydroxylation is 1. The van der Waals surface area contributed by atoms with Gasteiger partial charge in [0.25, 0.3) is 5.88 Å². The summed E-state index contributed by atoms with van der Waals surface area (Å²) in [6, 6.07) is 0. The van der Waals surface area contributed by atoms with Gasteiger partial charge in [-0.15, -0.1) is 0 Å². The number of aromatic nitrogens is 1. The van der Waals surface area contributed by atoms with Crippen molar-refractivity contribution < 1.29 is 14.2 Å². The first-order chi connectivity index (χ1) is 6.74. The number of hydrogen-bond donors (Lipinski definition) is 0. The Morgan fingerprint density at radius 2 is 2.36 bits per heavy atom. The molecular weight excluding hydrogens is 182 g/mol. The van der Waals surface area contributed by atoms with E-state index in [-0.39, 0.29) is 6.79 Å². The standard InChI is InChI=1S/C10H11NO3/c1-6-4-11-10-9(13-5-14-10)8(6)7(2)12-3/h4H,2,5H2,1,3H3. The van der Waals surface area contributed by atoms with Crippen molar-refractivity contribution in [3.8, 4) is 11.6 Å². The Balaban J connectivity index is 2.57. The van der Waals surface area contributed by atoms with Gasteiger partial charge in [-0.25, -0.2) is 4.98 Å². The summed E-state index contributed by atoms with van der Waals surface area (Å²) < 4.78 is 15.6. The van der Waals surface area contributed by atoms with Gasteiger partial charge in [-0.2, -0.15) is 0 Å². The van der Waals surface area contributed by atoms with E-state index in [4.69, 9.17) is 14.2 Å². The van der Waals surface area contributed by atoms with Crippen LogP contribution in [0.4, 0.5) is 0 Å². The van der Waals surface area contributed by atoms with Gasteiger partial charge in [0.2, 0.25) is 6.79 Å². The molecule has 0 atom stereocenters. The number of hydrogen-bond acceptors (Lipinski definition) is 4. The molecule has 0 aromatic carbocycles. The summed E-state index contributed by atoms with van der Waals surface area (Å²) in [6.45, 7) is 5.93. The van der Waals surface area contributed by atoms with Crippen LogP contribution in [-0.4, -0.2) is 18.9 Å². The Hall–Kier alpha value is -1.71. The first-order valence-corrected chi connectivity index (χ1v) is 4.22. The summed E-state index contributed by atoms with van der Waals surface area (Å²) in [5, 5.41) is 0.